The molecule has 0 aliphatic heterocycles. The quantitative estimate of drug-likeness (QED) is 0.248. The zero-order valence-corrected chi connectivity index (χ0v) is 16.5. The fraction of sp³-hybridized carbons (Fsp3) is 0. The van der Waals surface area contributed by atoms with Crippen LogP contribution in [0.25, 0.3) is 43.3 Å². The van der Waals surface area contributed by atoms with Crippen LogP contribution in [0, 0.1) is 10.1 Å². The van der Waals surface area contributed by atoms with E-state index in [1.165, 1.54) is 0 Å². The fourth-order valence-electron chi connectivity index (χ4n) is 3.36. The molecule has 5 rings (SSSR count). The Kier molecular flexibility index (Phi) is 4.53. The molecule has 0 saturated carbocycles. The summed E-state index contributed by atoms with van der Waals surface area (Å²) in [4.78, 5) is 20.6. The second-order valence-electron chi connectivity index (χ2n) is 6.79. The fourth-order valence-corrected chi connectivity index (χ4v) is 4.29. The lowest BCUT2D eigenvalue weighted by Crippen LogP contribution is -1.93. The molecule has 0 aliphatic rings. The summed E-state index contributed by atoms with van der Waals surface area (Å²) in [5.41, 5.74) is 4.81. The molecule has 0 radical (unpaired) electrons. The average molecular weight is 409 g/mol. The van der Waals surface area contributed by atoms with E-state index >= 15 is 0 Å². The third-order valence-electron chi connectivity index (χ3n) is 4.79. The molecule has 0 unspecified atom stereocenters. The Morgan fingerprint density at radius 3 is 2.23 bits per heavy atom. The summed E-state index contributed by atoms with van der Waals surface area (Å²) in [6.07, 6.45) is 0. The van der Waals surface area contributed by atoms with Crippen LogP contribution in [-0.4, -0.2) is 14.9 Å². The number of nitro benzene ring substituents is 1. The summed E-state index contributed by atoms with van der Waals surface area (Å²) in [6, 6.07) is 28.4. The minimum Gasteiger partial charge on any atom is -0.258 e. The SMILES string of the molecule is O=[N+]([O-])c1cc(-c2ccccc2)cc(-c2cccc(-c3nc4ccccc4s3)n2)c1. The Morgan fingerprint density at radius 1 is 0.700 bits per heavy atom. The normalized spacial score (nSPS) is 10.9. The molecule has 0 N–H and O–H groups in total. The van der Waals surface area contributed by atoms with Gasteiger partial charge < -0.3 is 0 Å². The van der Waals surface area contributed by atoms with Crippen LogP contribution in [0.2, 0.25) is 0 Å². The average Bonchev–Trinajstić information content (AvgIpc) is 3.24. The number of benzene rings is 3. The molecule has 0 amide bonds. The van der Waals surface area contributed by atoms with Gasteiger partial charge in [0.1, 0.15) is 5.01 Å². The lowest BCUT2D eigenvalue weighted by molar-refractivity contribution is -0.384. The number of hydrogen-bond donors (Lipinski definition) is 0. The summed E-state index contributed by atoms with van der Waals surface area (Å²) in [5, 5.41) is 12.4. The number of nitro groups is 1. The van der Waals surface area contributed by atoms with Gasteiger partial charge in [-0.15, -0.1) is 11.3 Å². The Hall–Kier alpha value is -3.90. The molecule has 0 spiro atoms. The third kappa shape index (κ3) is 3.44. The zero-order chi connectivity index (χ0) is 20.5. The van der Waals surface area contributed by atoms with E-state index in [0.717, 1.165) is 32.0 Å². The van der Waals surface area contributed by atoms with Crippen molar-refractivity contribution in [2.24, 2.45) is 0 Å². The van der Waals surface area contributed by atoms with E-state index in [0.29, 0.717) is 11.3 Å². The second-order valence-corrected chi connectivity index (χ2v) is 7.82. The van der Waals surface area contributed by atoms with Gasteiger partial charge in [-0.3, -0.25) is 10.1 Å². The smallest absolute Gasteiger partial charge is 0.258 e. The van der Waals surface area contributed by atoms with E-state index in [4.69, 9.17) is 4.98 Å². The summed E-state index contributed by atoms with van der Waals surface area (Å²) in [5.74, 6) is 0. The molecule has 0 fully saturated rings. The Morgan fingerprint density at radius 2 is 1.43 bits per heavy atom. The molecular formula is C24H15N3O2S. The molecule has 0 bridgehead atoms. The maximum absolute atomic E-state index is 11.5. The summed E-state index contributed by atoms with van der Waals surface area (Å²) in [7, 11) is 0. The lowest BCUT2D eigenvalue weighted by atomic mass is 10.0. The van der Waals surface area contributed by atoms with E-state index in [1.54, 1.807) is 23.5 Å². The van der Waals surface area contributed by atoms with Gasteiger partial charge in [0.25, 0.3) is 5.69 Å². The molecule has 0 aliphatic carbocycles. The van der Waals surface area contributed by atoms with Gasteiger partial charge in [-0.1, -0.05) is 48.5 Å². The van der Waals surface area contributed by atoms with Crippen molar-refractivity contribution >= 4 is 27.2 Å². The number of hydrogen-bond acceptors (Lipinski definition) is 5. The van der Waals surface area contributed by atoms with Crippen LogP contribution in [0.1, 0.15) is 0 Å². The minimum atomic E-state index is -0.368. The summed E-state index contributed by atoms with van der Waals surface area (Å²) < 4.78 is 1.10. The Bertz CT molecular complexity index is 1350. The number of rotatable bonds is 4. The topological polar surface area (TPSA) is 68.9 Å². The molecule has 0 atom stereocenters. The van der Waals surface area contributed by atoms with Crippen LogP contribution < -0.4 is 0 Å². The van der Waals surface area contributed by atoms with Gasteiger partial charge in [0, 0.05) is 17.7 Å². The van der Waals surface area contributed by atoms with Gasteiger partial charge >= 0.3 is 0 Å². The van der Waals surface area contributed by atoms with Gasteiger partial charge in [-0.25, -0.2) is 9.97 Å². The Labute approximate surface area is 176 Å². The maximum atomic E-state index is 11.5. The molecule has 3 aromatic carbocycles. The predicted molar refractivity (Wildman–Crippen MR) is 120 cm³/mol. The molecule has 5 aromatic rings. The number of fused-ring (bicyclic) bond motifs is 1. The number of non-ortho nitro benzene ring substituents is 1. The lowest BCUT2D eigenvalue weighted by Gasteiger charge is -2.07. The summed E-state index contributed by atoms with van der Waals surface area (Å²) in [6.45, 7) is 0. The predicted octanol–water partition coefficient (Wildman–Crippen LogP) is 6.60. The van der Waals surface area contributed by atoms with Gasteiger partial charge in [-0.05, 0) is 41.5 Å². The molecule has 0 saturated heterocycles. The monoisotopic (exact) mass is 409 g/mol. The highest BCUT2D eigenvalue weighted by molar-refractivity contribution is 7.21. The van der Waals surface area contributed by atoms with Crippen molar-refractivity contribution in [2.75, 3.05) is 0 Å². The van der Waals surface area contributed by atoms with E-state index in [-0.39, 0.29) is 10.6 Å². The zero-order valence-electron chi connectivity index (χ0n) is 15.7. The van der Waals surface area contributed by atoms with Crippen LogP contribution in [0.15, 0.2) is 91.0 Å². The molecule has 6 heteroatoms. The molecule has 30 heavy (non-hydrogen) atoms. The maximum Gasteiger partial charge on any atom is 0.270 e. The van der Waals surface area contributed by atoms with Crippen molar-refractivity contribution < 1.29 is 4.92 Å². The highest BCUT2D eigenvalue weighted by atomic mass is 32.1. The molecular weight excluding hydrogens is 394 g/mol. The van der Waals surface area contributed by atoms with Gasteiger partial charge in [-0.2, -0.15) is 0 Å². The third-order valence-corrected chi connectivity index (χ3v) is 5.85. The van der Waals surface area contributed by atoms with Crippen LogP contribution >= 0.6 is 11.3 Å². The van der Waals surface area contributed by atoms with Crippen LogP contribution in [0.4, 0.5) is 5.69 Å². The number of thiazole rings is 1. The number of nitrogens with zero attached hydrogens (tertiary/aromatic N) is 3. The first-order chi connectivity index (χ1) is 14.7. The molecule has 2 heterocycles. The standard InChI is InChI=1S/C24H15N3O2S/c28-27(29)19-14-17(16-7-2-1-3-8-16)13-18(15-19)20-10-6-11-22(25-20)24-26-21-9-4-5-12-23(21)30-24/h1-15H. The van der Waals surface area contributed by atoms with Gasteiger partial charge in [0.15, 0.2) is 0 Å². The number of para-hydroxylation sites is 1. The summed E-state index contributed by atoms with van der Waals surface area (Å²) >= 11 is 1.58. The van der Waals surface area contributed by atoms with Crippen LogP contribution in [0.3, 0.4) is 0 Å². The van der Waals surface area contributed by atoms with Crippen LogP contribution in [-0.2, 0) is 0 Å². The molecule has 5 nitrogen and oxygen atoms in total. The van der Waals surface area contributed by atoms with Crippen molar-refractivity contribution in [3.8, 4) is 33.1 Å². The first-order valence-corrected chi connectivity index (χ1v) is 10.2. The first kappa shape index (κ1) is 18.1. The first-order valence-electron chi connectivity index (χ1n) is 9.36. The van der Waals surface area contributed by atoms with Crippen molar-refractivity contribution in [3.05, 3.63) is 101 Å². The number of pyridine rings is 1. The van der Waals surface area contributed by atoms with Crippen LogP contribution in [0.5, 0.6) is 0 Å². The van der Waals surface area contributed by atoms with Gasteiger partial charge in [0.05, 0.1) is 26.5 Å². The van der Waals surface area contributed by atoms with Crippen molar-refractivity contribution in [1.82, 2.24) is 9.97 Å². The van der Waals surface area contributed by atoms with E-state index in [9.17, 15) is 10.1 Å². The van der Waals surface area contributed by atoms with E-state index in [1.807, 2.05) is 78.9 Å². The molecule has 2 aromatic heterocycles. The van der Waals surface area contributed by atoms with Crippen molar-refractivity contribution in [2.45, 2.75) is 0 Å². The van der Waals surface area contributed by atoms with Crippen molar-refractivity contribution in [3.63, 3.8) is 0 Å². The second kappa shape index (κ2) is 7.50. The largest absolute Gasteiger partial charge is 0.270 e. The van der Waals surface area contributed by atoms with Crippen molar-refractivity contribution in [1.29, 1.82) is 0 Å². The van der Waals surface area contributed by atoms with E-state index < -0.39 is 0 Å². The minimum absolute atomic E-state index is 0.0403. The van der Waals surface area contributed by atoms with E-state index in [2.05, 4.69) is 4.98 Å². The highest BCUT2D eigenvalue weighted by Gasteiger charge is 2.14. The number of aromatic nitrogens is 2. The van der Waals surface area contributed by atoms with Gasteiger partial charge in [0.2, 0.25) is 0 Å². The molecule has 144 valence electrons. The Balaban J connectivity index is 1.62. The highest BCUT2D eigenvalue weighted by Crippen LogP contribution is 2.33.